The molecule has 0 aromatic heterocycles. The van der Waals surface area contributed by atoms with Gasteiger partial charge in [-0.05, 0) is 44.5 Å². The van der Waals surface area contributed by atoms with Crippen LogP contribution >= 0.6 is 0 Å². The fraction of sp³-hybridized carbons (Fsp3) is 0.588. The van der Waals surface area contributed by atoms with Crippen molar-refractivity contribution in [2.24, 2.45) is 5.41 Å². The molecule has 0 bridgehead atoms. The summed E-state index contributed by atoms with van der Waals surface area (Å²) in [6.07, 6.45) is 1.82. The number of amides is 1. The van der Waals surface area contributed by atoms with Crippen molar-refractivity contribution in [3.8, 4) is 5.75 Å². The molecular formula is C17H26N2O2. The standard InChI is InChI=1S/C17H26N2O2/c1-14-6-4-5-7-15(14)21-13-12-19(3)16(20)17(2)8-10-18-11-9-17/h4-7,18H,8-13H2,1-3H3. The Kier molecular flexibility index (Phi) is 5.23. The van der Waals surface area contributed by atoms with Crippen LogP contribution in [-0.2, 0) is 4.79 Å². The zero-order chi connectivity index (χ0) is 15.3. The number of likely N-dealkylation sites (N-methyl/N-ethyl adjacent to an activating group) is 1. The number of hydrogen-bond acceptors (Lipinski definition) is 3. The number of nitrogens with one attached hydrogen (secondary N) is 1. The molecule has 1 aliphatic rings. The highest BCUT2D eigenvalue weighted by atomic mass is 16.5. The van der Waals surface area contributed by atoms with Crippen molar-refractivity contribution in [1.82, 2.24) is 10.2 Å². The SMILES string of the molecule is Cc1ccccc1OCCN(C)C(=O)C1(C)CCNCC1. The van der Waals surface area contributed by atoms with Crippen LogP contribution in [0.1, 0.15) is 25.3 Å². The number of aryl methyl sites for hydroxylation is 1. The molecule has 1 N–H and O–H groups in total. The zero-order valence-electron chi connectivity index (χ0n) is 13.3. The lowest BCUT2D eigenvalue weighted by atomic mass is 9.80. The Morgan fingerprint density at radius 3 is 2.67 bits per heavy atom. The van der Waals surface area contributed by atoms with Crippen LogP contribution in [0.4, 0.5) is 0 Å². The van der Waals surface area contributed by atoms with Gasteiger partial charge >= 0.3 is 0 Å². The van der Waals surface area contributed by atoms with E-state index in [0.29, 0.717) is 13.2 Å². The summed E-state index contributed by atoms with van der Waals surface area (Å²) >= 11 is 0. The van der Waals surface area contributed by atoms with Gasteiger partial charge in [-0.1, -0.05) is 25.1 Å². The van der Waals surface area contributed by atoms with Crippen LogP contribution in [0.5, 0.6) is 5.75 Å². The van der Waals surface area contributed by atoms with Crippen molar-refractivity contribution in [1.29, 1.82) is 0 Å². The van der Waals surface area contributed by atoms with Crippen molar-refractivity contribution < 1.29 is 9.53 Å². The fourth-order valence-electron chi connectivity index (χ4n) is 2.77. The highest BCUT2D eigenvalue weighted by Crippen LogP contribution is 2.29. The average Bonchev–Trinajstić information content (AvgIpc) is 2.49. The van der Waals surface area contributed by atoms with Gasteiger partial charge in [0.1, 0.15) is 12.4 Å². The smallest absolute Gasteiger partial charge is 0.228 e. The van der Waals surface area contributed by atoms with Gasteiger partial charge in [0.15, 0.2) is 0 Å². The third-order valence-electron chi connectivity index (χ3n) is 4.35. The van der Waals surface area contributed by atoms with Gasteiger partial charge in [-0.15, -0.1) is 0 Å². The maximum Gasteiger partial charge on any atom is 0.228 e. The molecule has 0 radical (unpaired) electrons. The maximum atomic E-state index is 12.6. The summed E-state index contributed by atoms with van der Waals surface area (Å²) in [4.78, 5) is 14.4. The Hall–Kier alpha value is -1.55. The zero-order valence-corrected chi connectivity index (χ0v) is 13.3. The molecule has 0 atom stereocenters. The highest BCUT2D eigenvalue weighted by molar-refractivity contribution is 5.82. The minimum absolute atomic E-state index is 0.220. The molecule has 1 aromatic rings. The number of carbonyl (C=O) groups is 1. The topological polar surface area (TPSA) is 41.6 Å². The number of carbonyl (C=O) groups excluding carboxylic acids is 1. The molecule has 4 nitrogen and oxygen atoms in total. The molecule has 116 valence electrons. The van der Waals surface area contributed by atoms with E-state index < -0.39 is 0 Å². The quantitative estimate of drug-likeness (QED) is 0.904. The summed E-state index contributed by atoms with van der Waals surface area (Å²) in [6, 6.07) is 7.95. The lowest BCUT2D eigenvalue weighted by Crippen LogP contribution is -2.47. The second kappa shape index (κ2) is 6.94. The summed E-state index contributed by atoms with van der Waals surface area (Å²) in [5.41, 5.74) is 0.902. The van der Waals surface area contributed by atoms with Gasteiger partial charge in [0.25, 0.3) is 0 Å². The average molecular weight is 290 g/mol. The minimum Gasteiger partial charge on any atom is -0.491 e. The number of nitrogens with zero attached hydrogens (tertiary/aromatic N) is 1. The van der Waals surface area contributed by atoms with Crippen molar-refractivity contribution in [3.05, 3.63) is 29.8 Å². The summed E-state index contributed by atoms with van der Waals surface area (Å²) in [5.74, 6) is 1.13. The molecule has 1 aromatic carbocycles. The number of para-hydroxylation sites is 1. The van der Waals surface area contributed by atoms with Crippen LogP contribution in [0, 0.1) is 12.3 Å². The number of piperidine rings is 1. The summed E-state index contributed by atoms with van der Waals surface area (Å²) in [7, 11) is 1.87. The monoisotopic (exact) mass is 290 g/mol. The van der Waals surface area contributed by atoms with E-state index in [4.69, 9.17) is 4.74 Å². The van der Waals surface area contributed by atoms with Crippen LogP contribution in [0.3, 0.4) is 0 Å². The molecule has 0 aliphatic carbocycles. The molecule has 4 heteroatoms. The first-order valence-electron chi connectivity index (χ1n) is 7.68. The molecular weight excluding hydrogens is 264 g/mol. The first-order valence-corrected chi connectivity index (χ1v) is 7.68. The van der Waals surface area contributed by atoms with Gasteiger partial charge in [-0.2, -0.15) is 0 Å². The van der Waals surface area contributed by atoms with Crippen molar-refractivity contribution in [2.75, 3.05) is 33.3 Å². The molecule has 2 rings (SSSR count). The number of rotatable bonds is 5. The Morgan fingerprint density at radius 1 is 1.33 bits per heavy atom. The van der Waals surface area contributed by atoms with Crippen LogP contribution in [-0.4, -0.2) is 44.1 Å². The third kappa shape index (κ3) is 3.97. The molecule has 1 aliphatic heterocycles. The Balaban J connectivity index is 1.83. The van der Waals surface area contributed by atoms with Gasteiger partial charge < -0.3 is 15.0 Å². The van der Waals surface area contributed by atoms with Crippen molar-refractivity contribution in [2.45, 2.75) is 26.7 Å². The summed E-state index contributed by atoms with van der Waals surface area (Å²) in [6.45, 7) is 7.11. The Morgan fingerprint density at radius 2 is 2.00 bits per heavy atom. The van der Waals surface area contributed by atoms with E-state index >= 15 is 0 Å². The lowest BCUT2D eigenvalue weighted by Gasteiger charge is -2.36. The van der Waals surface area contributed by atoms with E-state index in [2.05, 4.69) is 12.2 Å². The predicted octanol–water partition coefficient (Wildman–Crippen LogP) is 2.22. The van der Waals surface area contributed by atoms with E-state index in [-0.39, 0.29) is 11.3 Å². The van der Waals surface area contributed by atoms with Crippen LogP contribution < -0.4 is 10.1 Å². The molecule has 1 saturated heterocycles. The second-order valence-electron chi connectivity index (χ2n) is 6.15. The molecule has 1 amide bonds. The van der Waals surface area contributed by atoms with Crippen LogP contribution in [0.2, 0.25) is 0 Å². The van der Waals surface area contributed by atoms with E-state index in [0.717, 1.165) is 37.2 Å². The molecule has 0 spiro atoms. The van der Waals surface area contributed by atoms with E-state index in [1.165, 1.54) is 0 Å². The molecule has 0 saturated carbocycles. The van der Waals surface area contributed by atoms with Gasteiger partial charge in [-0.25, -0.2) is 0 Å². The number of hydrogen-bond donors (Lipinski definition) is 1. The Labute approximate surface area is 127 Å². The maximum absolute atomic E-state index is 12.6. The van der Waals surface area contributed by atoms with E-state index in [1.807, 2.05) is 43.1 Å². The van der Waals surface area contributed by atoms with Gasteiger partial charge in [0.2, 0.25) is 5.91 Å². The molecule has 0 unspecified atom stereocenters. The molecule has 21 heavy (non-hydrogen) atoms. The minimum atomic E-state index is -0.220. The predicted molar refractivity (Wildman–Crippen MR) is 84.5 cm³/mol. The van der Waals surface area contributed by atoms with E-state index in [9.17, 15) is 4.79 Å². The largest absolute Gasteiger partial charge is 0.491 e. The fourth-order valence-corrected chi connectivity index (χ4v) is 2.77. The van der Waals surface area contributed by atoms with E-state index in [1.54, 1.807) is 0 Å². The number of benzene rings is 1. The van der Waals surface area contributed by atoms with Crippen LogP contribution in [0.15, 0.2) is 24.3 Å². The first-order chi connectivity index (χ1) is 10.0. The van der Waals surface area contributed by atoms with Gasteiger partial charge in [0, 0.05) is 12.5 Å². The Bertz CT molecular complexity index is 481. The van der Waals surface area contributed by atoms with Gasteiger partial charge in [0.05, 0.1) is 6.54 Å². The number of ether oxygens (including phenoxy) is 1. The van der Waals surface area contributed by atoms with Crippen molar-refractivity contribution in [3.63, 3.8) is 0 Å². The van der Waals surface area contributed by atoms with Crippen molar-refractivity contribution >= 4 is 5.91 Å². The van der Waals surface area contributed by atoms with Crippen LogP contribution in [0.25, 0.3) is 0 Å². The summed E-state index contributed by atoms with van der Waals surface area (Å²) < 4.78 is 5.77. The lowest BCUT2D eigenvalue weighted by molar-refractivity contribution is -0.141. The first kappa shape index (κ1) is 15.8. The van der Waals surface area contributed by atoms with Gasteiger partial charge in [-0.3, -0.25) is 4.79 Å². The highest BCUT2D eigenvalue weighted by Gasteiger charge is 2.36. The molecule has 1 fully saturated rings. The second-order valence-corrected chi connectivity index (χ2v) is 6.15. The normalized spacial score (nSPS) is 17.3. The summed E-state index contributed by atoms with van der Waals surface area (Å²) in [5, 5.41) is 3.31. The third-order valence-corrected chi connectivity index (χ3v) is 4.35. The molecule has 1 heterocycles.